The molecule has 2 heteroatoms. The summed E-state index contributed by atoms with van der Waals surface area (Å²) in [5.41, 5.74) is 2.17. The van der Waals surface area contributed by atoms with Crippen molar-refractivity contribution in [1.29, 1.82) is 0 Å². The van der Waals surface area contributed by atoms with Gasteiger partial charge in [-0.3, -0.25) is 4.79 Å². The number of piperidine rings is 1. The largest absolute Gasteiger partial charge is 0.307 e. The summed E-state index contributed by atoms with van der Waals surface area (Å²) in [6, 6.07) is 8.21. The molecule has 0 aliphatic carbocycles. The van der Waals surface area contributed by atoms with Gasteiger partial charge in [-0.15, -0.1) is 0 Å². The van der Waals surface area contributed by atoms with E-state index in [-0.39, 0.29) is 11.8 Å². The summed E-state index contributed by atoms with van der Waals surface area (Å²) in [5, 5.41) is 3.32. The second kappa shape index (κ2) is 6.14. The lowest BCUT2D eigenvalue weighted by atomic mass is 9.93. The summed E-state index contributed by atoms with van der Waals surface area (Å²) < 4.78 is 0. The third kappa shape index (κ3) is 2.99. The molecule has 2 atom stereocenters. The van der Waals surface area contributed by atoms with E-state index >= 15 is 0 Å². The summed E-state index contributed by atoms with van der Waals surface area (Å²) in [5.74, 6) is 0.826. The molecule has 2 rings (SSSR count). The lowest BCUT2D eigenvalue weighted by Crippen LogP contribution is -2.40. The third-order valence-corrected chi connectivity index (χ3v) is 4.00. The molecule has 1 aliphatic heterocycles. The van der Waals surface area contributed by atoms with Crippen LogP contribution in [0.25, 0.3) is 0 Å². The number of nitrogens with one attached hydrogen (secondary N) is 1. The van der Waals surface area contributed by atoms with E-state index < -0.39 is 0 Å². The van der Waals surface area contributed by atoms with Gasteiger partial charge in [-0.1, -0.05) is 44.5 Å². The summed E-state index contributed by atoms with van der Waals surface area (Å²) in [6.07, 6.45) is 4.47. The number of carbonyl (C=O) groups excluding carboxylic acids is 1. The van der Waals surface area contributed by atoms with Crippen molar-refractivity contribution in [2.45, 2.75) is 51.5 Å². The van der Waals surface area contributed by atoms with Gasteiger partial charge < -0.3 is 5.32 Å². The van der Waals surface area contributed by atoms with Crippen LogP contribution >= 0.6 is 0 Å². The van der Waals surface area contributed by atoms with Gasteiger partial charge >= 0.3 is 0 Å². The minimum absolute atomic E-state index is 0.0354. The Balaban J connectivity index is 2.06. The minimum atomic E-state index is 0.0354. The van der Waals surface area contributed by atoms with Crippen LogP contribution in [0, 0.1) is 0 Å². The minimum Gasteiger partial charge on any atom is -0.307 e. The Kier molecular flexibility index (Phi) is 4.54. The van der Waals surface area contributed by atoms with Gasteiger partial charge in [0.05, 0.1) is 6.04 Å². The zero-order valence-electron chi connectivity index (χ0n) is 11.4. The average molecular weight is 245 g/mol. The molecule has 1 N–H and O–H groups in total. The quantitative estimate of drug-likeness (QED) is 0.822. The zero-order chi connectivity index (χ0) is 13.0. The van der Waals surface area contributed by atoms with Gasteiger partial charge in [0.2, 0.25) is 0 Å². The Morgan fingerprint density at radius 1 is 1.33 bits per heavy atom. The Morgan fingerprint density at radius 2 is 2.06 bits per heavy atom. The first-order valence-electron chi connectivity index (χ1n) is 7.10. The second-order valence-corrected chi connectivity index (χ2v) is 5.30. The monoisotopic (exact) mass is 245 g/mol. The van der Waals surface area contributed by atoms with Crippen molar-refractivity contribution in [3.8, 4) is 0 Å². The van der Waals surface area contributed by atoms with Gasteiger partial charge in [0.1, 0.15) is 0 Å². The summed E-state index contributed by atoms with van der Waals surface area (Å²) in [7, 11) is 0. The lowest BCUT2D eigenvalue weighted by molar-refractivity contribution is 0.0927. The maximum absolute atomic E-state index is 12.3. The molecule has 0 bridgehead atoms. The molecular formula is C16H23NO. The molecule has 2 unspecified atom stereocenters. The van der Waals surface area contributed by atoms with E-state index in [4.69, 9.17) is 0 Å². The normalized spacial score (nSPS) is 21.6. The van der Waals surface area contributed by atoms with E-state index in [0.717, 1.165) is 31.4 Å². The zero-order valence-corrected chi connectivity index (χ0v) is 11.4. The van der Waals surface area contributed by atoms with Crippen LogP contribution in [0.1, 0.15) is 61.4 Å². The van der Waals surface area contributed by atoms with Gasteiger partial charge in [0.15, 0.2) is 5.78 Å². The van der Waals surface area contributed by atoms with Crippen LogP contribution in [0.4, 0.5) is 0 Å². The molecule has 0 amide bonds. The smallest absolute Gasteiger partial charge is 0.179 e. The molecule has 0 radical (unpaired) electrons. The van der Waals surface area contributed by atoms with E-state index in [1.165, 1.54) is 12.0 Å². The molecule has 18 heavy (non-hydrogen) atoms. The van der Waals surface area contributed by atoms with Crippen LogP contribution in [0.5, 0.6) is 0 Å². The van der Waals surface area contributed by atoms with E-state index in [2.05, 4.69) is 31.3 Å². The highest BCUT2D eigenvalue weighted by atomic mass is 16.1. The molecule has 0 saturated carbocycles. The predicted molar refractivity (Wildman–Crippen MR) is 75.1 cm³/mol. The summed E-state index contributed by atoms with van der Waals surface area (Å²) in [6.45, 7) is 5.39. The van der Waals surface area contributed by atoms with Gasteiger partial charge in [0, 0.05) is 5.56 Å². The molecule has 1 heterocycles. The van der Waals surface area contributed by atoms with Crippen molar-refractivity contribution in [2.24, 2.45) is 0 Å². The van der Waals surface area contributed by atoms with Crippen LogP contribution in [-0.4, -0.2) is 18.4 Å². The molecule has 1 aromatic rings. The number of carbonyl (C=O) groups is 1. The van der Waals surface area contributed by atoms with Crippen molar-refractivity contribution >= 4 is 5.78 Å². The Hall–Kier alpha value is -1.15. The number of Topliss-reactive ketones (excluding diaryl/α,β-unsaturated/α-hetero) is 1. The standard InChI is InChI=1S/C16H23NO/c1-3-12(2)13-7-9-14(10-8-13)16(18)15-6-4-5-11-17-15/h7-10,12,15,17H,3-6,11H2,1-2H3. The Morgan fingerprint density at radius 3 is 2.61 bits per heavy atom. The first-order valence-corrected chi connectivity index (χ1v) is 7.10. The van der Waals surface area contributed by atoms with Crippen molar-refractivity contribution in [3.63, 3.8) is 0 Å². The lowest BCUT2D eigenvalue weighted by Gasteiger charge is -2.22. The van der Waals surface area contributed by atoms with E-state index in [9.17, 15) is 4.79 Å². The maximum atomic E-state index is 12.3. The second-order valence-electron chi connectivity index (χ2n) is 5.30. The molecule has 98 valence electrons. The predicted octanol–water partition coefficient (Wildman–Crippen LogP) is 3.52. The number of benzene rings is 1. The molecule has 0 spiro atoms. The SMILES string of the molecule is CCC(C)c1ccc(C(=O)C2CCCCN2)cc1. The Labute approximate surface area is 110 Å². The van der Waals surface area contributed by atoms with E-state index in [0.29, 0.717) is 5.92 Å². The van der Waals surface area contributed by atoms with Crippen molar-refractivity contribution in [3.05, 3.63) is 35.4 Å². The fraction of sp³-hybridized carbons (Fsp3) is 0.562. The molecule has 1 fully saturated rings. The fourth-order valence-corrected chi connectivity index (χ4v) is 2.49. The molecule has 0 aromatic heterocycles. The Bertz CT molecular complexity index is 390. The molecular weight excluding hydrogens is 222 g/mol. The molecule has 1 aliphatic rings. The van der Waals surface area contributed by atoms with Gasteiger partial charge in [-0.2, -0.15) is 0 Å². The fourth-order valence-electron chi connectivity index (χ4n) is 2.49. The van der Waals surface area contributed by atoms with Crippen LogP contribution in [-0.2, 0) is 0 Å². The van der Waals surface area contributed by atoms with Crippen LogP contribution in [0.3, 0.4) is 0 Å². The third-order valence-electron chi connectivity index (χ3n) is 4.00. The number of hydrogen-bond acceptors (Lipinski definition) is 2. The first-order chi connectivity index (χ1) is 8.72. The van der Waals surface area contributed by atoms with Crippen molar-refractivity contribution in [2.75, 3.05) is 6.54 Å². The van der Waals surface area contributed by atoms with Crippen LogP contribution < -0.4 is 5.32 Å². The molecule has 1 saturated heterocycles. The highest BCUT2D eigenvalue weighted by molar-refractivity contribution is 6.00. The maximum Gasteiger partial charge on any atom is 0.179 e. The van der Waals surface area contributed by atoms with Crippen molar-refractivity contribution < 1.29 is 4.79 Å². The van der Waals surface area contributed by atoms with Crippen LogP contribution in [0.2, 0.25) is 0 Å². The number of hydrogen-bond donors (Lipinski definition) is 1. The first kappa shape index (κ1) is 13.3. The molecule has 1 aromatic carbocycles. The van der Waals surface area contributed by atoms with E-state index in [1.54, 1.807) is 0 Å². The van der Waals surface area contributed by atoms with E-state index in [1.807, 2.05) is 12.1 Å². The van der Waals surface area contributed by atoms with Gasteiger partial charge in [-0.05, 0) is 37.3 Å². The average Bonchev–Trinajstić information content (AvgIpc) is 2.47. The number of rotatable bonds is 4. The van der Waals surface area contributed by atoms with Gasteiger partial charge in [-0.25, -0.2) is 0 Å². The highest BCUT2D eigenvalue weighted by Crippen LogP contribution is 2.20. The van der Waals surface area contributed by atoms with Crippen LogP contribution in [0.15, 0.2) is 24.3 Å². The van der Waals surface area contributed by atoms with Crippen molar-refractivity contribution in [1.82, 2.24) is 5.32 Å². The summed E-state index contributed by atoms with van der Waals surface area (Å²) >= 11 is 0. The van der Waals surface area contributed by atoms with Gasteiger partial charge in [0.25, 0.3) is 0 Å². The highest BCUT2D eigenvalue weighted by Gasteiger charge is 2.21. The topological polar surface area (TPSA) is 29.1 Å². The molecule has 2 nitrogen and oxygen atoms in total. The summed E-state index contributed by atoms with van der Waals surface area (Å²) in [4.78, 5) is 12.3. The number of ketones is 1.